The SMILES string of the molecule is COC(=O)c1ccc(C(=O)NCCCN2CCCCCC2)cc1. The van der Waals surface area contributed by atoms with Gasteiger partial charge in [0.15, 0.2) is 0 Å². The number of likely N-dealkylation sites (tertiary alicyclic amines) is 1. The molecule has 1 heterocycles. The maximum Gasteiger partial charge on any atom is 0.337 e. The zero-order valence-electron chi connectivity index (χ0n) is 13.8. The predicted octanol–water partition coefficient (Wildman–Crippen LogP) is 2.47. The van der Waals surface area contributed by atoms with E-state index in [1.807, 2.05) is 0 Å². The minimum atomic E-state index is -0.394. The average Bonchev–Trinajstić information content (AvgIpc) is 2.86. The summed E-state index contributed by atoms with van der Waals surface area (Å²) in [7, 11) is 1.34. The van der Waals surface area contributed by atoms with Crippen LogP contribution in [0.25, 0.3) is 0 Å². The van der Waals surface area contributed by atoms with Gasteiger partial charge in [0.25, 0.3) is 5.91 Å². The van der Waals surface area contributed by atoms with E-state index in [2.05, 4.69) is 15.0 Å². The number of carbonyl (C=O) groups excluding carboxylic acids is 2. The summed E-state index contributed by atoms with van der Waals surface area (Å²) in [5, 5.41) is 2.94. The van der Waals surface area contributed by atoms with Crippen molar-refractivity contribution < 1.29 is 14.3 Å². The maximum atomic E-state index is 12.1. The Bertz CT molecular complexity index is 506. The number of rotatable bonds is 6. The highest BCUT2D eigenvalue weighted by molar-refractivity contribution is 5.96. The Balaban J connectivity index is 1.70. The molecule has 0 radical (unpaired) electrons. The lowest BCUT2D eigenvalue weighted by molar-refractivity contribution is 0.0600. The molecule has 0 atom stereocenters. The van der Waals surface area contributed by atoms with Crippen LogP contribution < -0.4 is 5.32 Å². The van der Waals surface area contributed by atoms with E-state index < -0.39 is 5.97 Å². The fourth-order valence-electron chi connectivity index (χ4n) is 2.84. The number of nitrogens with one attached hydrogen (secondary N) is 1. The van der Waals surface area contributed by atoms with Gasteiger partial charge in [-0.2, -0.15) is 0 Å². The van der Waals surface area contributed by atoms with Crippen molar-refractivity contribution >= 4 is 11.9 Å². The molecule has 5 heteroatoms. The second-order valence-electron chi connectivity index (χ2n) is 5.93. The van der Waals surface area contributed by atoms with E-state index >= 15 is 0 Å². The number of methoxy groups -OCH3 is 1. The summed E-state index contributed by atoms with van der Waals surface area (Å²) in [5.41, 5.74) is 1.01. The van der Waals surface area contributed by atoms with E-state index in [0.717, 1.165) is 13.0 Å². The van der Waals surface area contributed by atoms with E-state index in [9.17, 15) is 9.59 Å². The van der Waals surface area contributed by atoms with Crippen LogP contribution in [0.3, 0.4) is 0 Å². The smallest absolute Gasteiger partial charge is 0.337 e. The molecule has 1 amide bonds. The molecule has 1 aliphatic heterocycles. The van der Waals surface area contributed by atoms with Crippen LogP contribution in [0.1, 0.15) is 52.8 Å². The minimum Gasteiger partial charge on any atom is -0.465 e. The molecule has 1 aliphatic rings. The van der Waals surface area contributed by atoms with Crippen LogP contribution in [-0.2, 0) is 4.74 Å². The van der Waals surface area contributed by atoms with Gasteiger partial charge < -0.3 is 15.0 Å². The Labute approximate surface area is 138 Å². The monoisotopic (exact) mass is 318 g/mol. The zero-order chi connectivity index (χ0) is 16.5. The van der Waals surface area contributed by atoms with Gasteiger partial charge in [0.05, 0.1) is 12.7 Å². The molecular weight excluding hydrogens is 292 g/mol. The molecule has 1 fully saturated rings. The Kier molecular flexibility index (Phi) is 7.07. The normalized spacial score (nSPS) is 15.7. The number of hydrogen-bond acceptors (Lipinski definition) is 4. The third-order valence-electron chi connectivity index (χ3n) is 4.20. The largest absolute Gasteiger partial charge is 0.465 e. The van der Waals surface area contributed by atoms with Gasteiger partial charge in [-0.25, -0.2) is 4.79 Å². The topological polar surface area (TPSA) is 58.6 Å². The van der Waals surface area contributed by atoms with E-state index in [4.69, 9.17) is 0 Å². The number of ether oxygens (including phenoxy) is 1. The molecular formula is C18H26N2O3. The molecule has 126 valence electrons. The number of carbonyl (C=O) groups is 2. The Morgan fingerprint density at radius 3 is 2.26 bits per heavy atom. The quantitative estimate of drug-likeness (QED) is 0.646. The first-order chi connectivity index (χ1) is 11.2. The Morgan fingerprint density at radius 2 is 1.65 bits per heavy atom. The molecule has 0 aliphatic carbocycles. The maximum absolute atomic E-state index is 12.1. The molecule has 23 heavy (non-hydrogen) atoms. The predicted molar refractivity (Wildman–Crippen MR) is 89.6 cm³/mol. The number of nitrogens with zero attached hydrogens (tertiary/aromatic N) is 1. The number of hydrogen-bond donors (Lipinski definition) is 1. The minimum absolute atomic E-state index is 0.0997. The average molecular weight is 318 g/mol. The Morgan fingerprint density at radius 1 is 1.04 bits per heavy atom. The van der Waals surface area contributed by atoms with Crippen molar-refractivity contribution in [2.75, 3.05) is 33.3 Å². The van der Waals surface area contributed by atoms with Gasteiger partial charge in [-0.3, -0.25) is 4.79 Å². The molecule has 1 aromatic carbocycles. The second-order valence-corrected chi connectivity index (χ2v) is 5.93. The summed E-state index contributed by atoms with van der Waals surface area (Å²) < 4.78 is 4.64. The first-order valence-corrected chi connectivity index (χ1v) is 8.39. The lowest BCUT2D eigenvalue weighted by atomic mass is 10.1. The van der Waals surface area contributed by atoms with Gasteiger partial charge in [-0.15, -0.1) is 0 Å². The van der Waals surface area contributed by atoms with E-state index in [-0.39, 0.29) is 5.91 Å². The van der Waals surface area contributed by atoms with Crippen LogP contribution >= 0.6 is 0 Å². The number of esters is 1. The standard InChI is InChI=1S/C18H26N2O3/c1-23-18(22)16-9-7-15(8-10-16)17(21)19-11-6-14-20-12-4-2-3-5-13-20/h7-10H,2-6,11-14H2,1H3,(H,19,21). The molecule has 2 rings (SSSR count). The van der Waals surface area contributed by atoms with Crippen molar-refractivity contribution in [2.24, 2.45) is 0 Å². The van der Waals surface area contributed by atoms with E-state index in [1.54, 1.807) is 24.3 Å². The highest BCUT2D eigenvalue weighted by Gasteiger charge is 2.10. The van der Waals surface area contributed by atoms with Crippen molar-refractivity contribution in [3.05, 3.63) is 35.4 Å². The van der Waals surface area contributed by atoms with Crippen LogP contribution in [0, 0.1) is 0 Å². The lowest BCUT2D eigenvalue weighted by Crippen LogP contribution is -2.30. The van der Waals surface area contributed by atoms with Crippen LogP contribution in [0.4, 0.5) is 0 Å². The summed E-state index contributed by atoms with van der Waals surface area (Å²) in [6.07, 6.45) is 6.23. The van der Waals surface area contributed by atoms with Gasteiger partial charge >= 0.3 is 5.97 Å². The van der Waals surface area contributed by atoms with Crippen LogP contribution in [-0.4, -0.2) is 50.1 Å². The van der Waals surface area contributed by atoms with Crippen molar-refractivity contribution in [3.63, 3.8) is 0 Å². The lowest BCUT2D eigenvalue weighted by Gasteiger charge is -2.19. The van der Waals surface area contributed by atoms with Gasteiger partial charge in [-0.1, -0.05) is 12.8 Å². The first kappa shape index (κ1) is 17.5. The summed E-state index contributed by atoms with van der Waals surface area (Å²) >= 11 is 0. The number of benzene rings is 1. The summed E-state index contributed by atoms with van der Waals surface area (Å²) in [4.78, 5) is 25.9. The molecule has 0 unspecified atom stereocenters. The Hall–Kier alpha value is -1.88. The van der Waals surface area contributed by atoms with E-state index in [1.165, 1.54) is 45.9 Å². The molecule has 1 N–H and O–H groups in total. The third-order valence-corrected chi connectivity index (χ3v) is 4.20. The fraction of sp³-hybridized carbons (Fsp3) is 0.556. The van der Waals surface area contributed by atoms with E-state index in [0.29, 0.717) is 17.7 Å². The van der Waals surface area contributed by atoms with Crippen molar-refractivity contribution in [3.8, 4) is 0 Å². The molecule has 5 nitrogen and oxygen atoms in total. The molecule has 0 aromatic heterocycles. The van der Waals surface area contributed by atoms with Gasteiger partial charge in [0.2, 0.25) is 0 Å². The molecule has 0 saturated carbocycles. The first-order valence-electron chi connectivity index (χ1n) is 8.39. The van der Waals surface area contributed by atoms with Gasteiger partial charge in [-0.05, 0) is 63.2 Å². The fourth-order valence-corrected chi connectivity index (χ4v) is 2.84. The summed E-state index contributed by atoms with van der Waals surface area (Å²) in [6.45, 7) is 4.08. The summed E-state index contributed by atoms with van der Waals surface area (Å²) in [5.74, 6) is -0.494. The highest BCUT2D eigenvalue weighted by atomic mass is 16.5. The van der Waals surface area contributed by atoms with Gasteiger partial charge in [0, 0.05) is 12.1 Å². The molecule has 0 bridgehead atoms. The third kappa shape index (κ3) is 5.67. The molecule has 1 saturated heterocycles. The van der Waals surface area contributed by atoms with Crippen molar-refractivity contribution in [1.29, 1.82) is 0 Å². The summed E-state index contributed by atoms with van der Waals surface area (Å²) in [6, 6.07) is 6.52. The molecule has 0 spiro atoms. The van der Waals surface area contributed by atoms with Crippen LogP contribution in [0.15, 0.2) is 24.3 Å². The zero-order valence-corrected chi connectivity index (χ0v) is 13.8. The van der Waals surface area contributed by atoms with Crippen LogP contribution in [0.5, 0.6) is 0 Å². The highest BCUT2D eigenvalue weighted by Crippen LogP contribution is 2.09. The molecule has 1 aromatic rings. The van der Waals surface area contributed by atoms with Crippen molar-refractivity contribution in [1.82, 2.24) is 10.2 Å². The van der Waals surface area contributed by atoms with Crippen molar-refractivity contribution in [2.45, 2.75) is 32.1 Å². The second kappa shape index (κ2) is 9.30. The van der Waals surface area contributed by atoms with Crippen LogP contribution in [0.2, 0.25) is 0 Å². The number of amides is 1. The van der Waals surface area contributed by atoms with Gasteiger partial charge in [0.1, 0.15) is 0 Å².